The van der Waals surface area contributed by atoms with E-state index >= 15 is 0 Å². The third kappa shape index (κ3) is 6.61. The lowest BCUT2D eigenvalue weighted by atomic mass is 10.2. The van der Waals surface area contributed by atoms with Gasteiger partial charge in [0.2, 0.25) is 0 Å². The summed E-state index contributed by atoms with van der Waals surface area (Å²) in [5.41, 5.74) is 1.41. The van der Waals surface area contributed by atoms with Gasteiger partial charge in [-0.25, -0.2) is 0 Å². The van der Waals surface area contributed by atoms with Crippen molar-refractivity contribution in [1.82, 2.24) is 20.4 Å². The molecule has 2 N–H and O–H groups in total. The highest BCUT2D eigenvalue weighted by Crippen LogP contribution is 2.19. The molecule has 0 aliphatic carbocycles. The average Bonchev–Trinajstić information content (AvgIpc) is 3.32. The van der Waals surface area contributed by atoms with Crippen LogP contribution in [0, 0.1) is 0 Å². The molecule has 0 aromatic heterocycles. The first kappa shape index (κ1) is 22.4. The van der Waals surface area contributed by atoms with E-state index in [4.69, 9.17) is 0 Å². The second-order valence-electron chi connectivity index (χ2n) is 7.51. The second kappa shape index (κ2) is 11.9. The van der Waals surface area contributed by atoms with Crippen LogP contribution in [0.25, 0.3) is 0 Å². The predicted molar refractivity (Wildman–Crippen MR) is 125 cm³/mol. The Balaban J connectivity index is 0.00000261. The number of likely N-dealkylation sites (tertiary alicyclic amines) is 2. The first-order valence-corrected chi connectivity index (χ1v) is 10.3. The summed E-state index contributed by atoms with van der Waals surface area (Å²) >= 11 is 0. The van der Waals surface area contributed by atoms with Gasteiger partial charge in [-0.15, -0.1) is 24.0 Å². The van der Waals surface area contributed by atoms with Crippen molar-refractivity contribution in [3.63, 3.8) is 0 Å². The number of nitrogens with one attached hydrogen (secondary N) is 2. The van der Waals surface area contributed by atoms with Gasteiger partial charge in [0.15, 0.2) is 5.96 Å². The molecular weight excluding hydrogens is 449 g/mol. The Labute approximate surface area is 182 Å². The molecule has 5 nitrogen and oxygen atoms in total. The van der Waals surface area contributed by atoms with Gasteiger partial charge in [-0.2, -0.15) is 0 Å². The van der Waals surface area contributed by atoms with Crippen LogP contribution in [0.1, 0.15) is 38.2 Å². The van der Waals surface area contributed by atoms with Crippen LogP contribution < -0.4 is 10.6 Å². The summed E-state index contributed by atoms with van der Waals surface area (Å²) in [7, 11) is 1.87. The van der Waals surface area contributed by atoms with Crippen molar-refractivity contribution in [2.45, 2.75) is 51.2 Å². The molecule has 2 aliphatic rings. The van der Waals surface area contributed by atoms with Crippen molar-refractivity contribution >= 4 is 29.9 Å². The molecule has 152 valence electrons. The van der Waals surface area contributed by atoms with Crippen LogP contribution in [0.4, 0.5) is 0 Å². The van der Waals surface area contributed by atoms with E-state index in [1.807, 2.05) is 7.05 Å². The van der Waals surface area contributed by atoms with Crippen molar-refractivity contribution in [3.8, 4) is 0 Å². The molecule has 2 unspecified atom stereocenters. The summed E-state index contributed by atoms with van der Waals surface area (Å²) in [5.74, 6) is 0.944. The summed E-state index contributed by atoms with van der Waals surface area (Å²) < 4.78 is 0. The van der Waals surface area contributed by atoms with E-state index in [0.717, 1.165) is 32.1 Å². The van der Waals surface area contributed by atoms with Gasteiger partial charge >= 0.3 is 0 Å². The number of hydrogen-bond donors (Lipinski definition) is 2. The molecule has 0 saturated carbocycles. The van der Waals surface area contributed by atoms with Crippen molar-refractivity contribution in [1.29, 1.82) is 0 Å². The van der Waals surface area contributed by atoms with Gasteiger partial charge in [0.25, 0.3) is 0 Å². The smallest absolute Gasteiger partial charge is 0.191 e. The Hall–Kier alpha value is -0.860. The van der Waals surface area contributed by atoms with Crippen molar-refractivity contribution in [3.05, 3.63) is 35.9 Å². The molecule has 0 amide bonds. The highest BCUT2D eigenvalue weighted by molar-refractivity contribution is 14.0. The lowest BCUT2D eigenvalue weighted by Gasteiger charge is -2.27. The molecule has 2 atom stereocenters. The number of halogens is 1. The number of nitrogens with zero attached hydrogens (tertiary/aromatic N) is 3. The minimum atomic E-state index is 0. The molecular formula is C21H36IN5. The molecule has 0 spiro atoms. The fraction of sp³-hybridized carbons (Fsp3) is 0.667. The first-order valence-electron chi connectivity index (χ1n) is 10.3. The molecule has 2 saturated heterocycles. The number of rotatable bonds is 7. The molecule has 3 rings (SSSR count). The number of hydrogen-bond acceptors (Lipinski definition) is 3. The maximum atomic E-state index is 4.43. The molecule has 2 aliphatic heterocycles. The lowest BCUT2D eigenvalue weighted by Crippen LogP contribution is -2.48. The fourth-order valence-electron chi connectivity index (χ4n) is 4.34. The lowest BCUT2D eigenvalue weighted by molar-refractivity contribution is 0.244. The number of likely N-dealkylation sites (N-methyl/N-ethyl adjacent to an activating group) is 1. The largest absolute Gasteiger partial charge is 0.355 e. The van der Waals surface area contributed by atoms with E-state index < -0.39 is 0 Å². The van der Waals surface area contributed by atoms with Crippen LogP contribution in [0.3, 0.4) is 0 Å². The fourth-order valence-corrected chi connectivity index (χ4v) is 4.34. The van der Waals surface area contributed by atoms with E-state index in [1.165, 1.54) is 44.3 Å². The SMILES string of the molecule is CCN1CCCC1CNC(=NC)NCC1CCCN1Cc1ccccc1.I. The van der Waals surface area contributed by atoms with Crippen LogP contribution in [-0.2, 0) is 6.54 Å². The normalized spacial score (nSPS) is 24.0. The topological polar surface area (TPSA) is 42.9 Å². The van der Waals surface area contributed by atoms with E-state index in [9.17, 15) is 0 Å². The Morgan fingerprint density at radius 1 is 1.00 bits per heavy atom. The van der Waals surface area contributed by atoms with Crippen molar-refractivity contribution < 1.29 is 0 Å². The highest BCUT2D eigenvalue weighted by Gasteiger charge is 2.25. The first-order chi connectivity index (χ1) is 12.8. The number of guanidine groups is 1. The zero-order valence-corrected chi connectivity index (χ0v) is 19.2. The third-order valence-corrected chi connectivity index (χ3v) is 5.87. The highest BCUT2D eigenvalue weighted by atomic mass is 127. The van der Waals surface area contributed by atoms with Crippen LogP contribution in [0.5, 0.6) is 0 Å². The van der Waals surface area contributed by atoms with Gasteiger partial charge in [0, 0.05) is 38.8 Å². The van der Waals surface area contributed by atoms with Gasteiger partial charge in [-0.1, -0.05) is 37.3 Å². The Bertz CT molecular complexity index is 565. The van der Waals surface area contributed by atoms with Gasteiger partial charge in [0.1, 0.15) is 0 Å². The van der Waals surface area contributed by atoms with E-state index in [2.05, 4.69) is 62.7 Å². The third-order valence-electron chi connectivity index (χ3n) is 5.87. The maximum absolute atomic E-state index is 4.43. The second-order valence-corrected chi connectivity index (χ2v) is 7.51. The van der Waals surface area contributed by atoms with Gasteiger partial charge in [-0.05, 0) is 50.9 Å². The van der Waals surface area contributed by atoms with Crippen LogP contribution >= 0.6 is 24.0 Å². The molecule has 2 heterocycles. The summed E-state index contributed by atoms with van der Waals surface area (Å²) in [5, 5.41) is 7.11. The minimum Gasteiger partial charge on any atom is -0.355 e. The number of benzene rings is 1. The summed E-state index contributed by atoms with van der Waals surface area (Å²) in [6, 6.07) is 12.0. The van der Waals surface area contributed by atoms with Crippen molar-refractivity contribution in [2.24, 2.45) is 4.99 Å². The molecule has 1 aromatic carbocycles. The van der Waals surface area contributed by atoms with E-state index in [1.54, 1.807) is 0 Å². The predicted octanol–water partition coefficient (Wildman–Crippen LogP) is 2.92. The minimum absolute atomic E-state index is 0. The van der Waals surface area contributed by atoms with Crippen LogP contribution in [0.15, 0.2) is 35.3 Å². The Morgan fingerprint density at radius 2 is 1.59 bits per heavy atom. The molecule has 1 aromatic rings. The monoisotopic (exact) mass is 485 g/mol. The Morgan fingerprint density at radius 3 is 2.19 bits per heavy atom. The van der Waals surface area contributed by atoms with Crippen LogP contribution in [0.2, 0.25) is 0 Å². The Kier molecular flexibility index (Phi) is 9.86. The summed E-state index contributed by atoms with van der Waals surface area (Å²) in [6.45, 7) is 8.85. The van der Waals surface area contributed by atoms with Gasteiger partial charge in [0.05, 0.1) is 0 Å². The zero-order chi connectivity index (χ0) is 18.2. The van der Waals surface area contributed by atoms with Crippen LogP contribution in [-0.4, -0.2) is 67.6 Å². The average molecular weight is 485 g/mol. The quantitative estimate of drug-likeness (QED) is 0.354. The molecule has 6 heteroatoms. The van der Waals surface area contributed by atoms with Gasteiger partial charge < -0.3 is 10.6 Å². The standard InChI is InChI=1S/C21H35N5.HI/c1-3-25-13-7-11-19(25)15-23-21(22-2)24-16-20-12-8-14-26(20)17-18-9-5-4-6-10-18;/h4-6,9-10,19-20H,3,7-8,11-17H2,1-2H3,(H2,22,23,24);1H. The van der Waals surface area contributed by atoms with E-state index in [0.29, 0.717) is 12.1 Å². The summed E-state index contributed by atoms with van der Waals surface area (Å²) in [4.78, 5) is 9.60. The van der Waals surface area contributed by atoms with Crippen molar-refractivity contribution in [2.75, 3.05) is 39.8 Å². The molecule has 0 bridgehead atoms. The zero-order valence-electron chi connectivity index (χ0n) is 16.9. The number of aliphatic imine (C=N–C) groups is 1. The maximum Gasteiger partial charge on any atom is 0.191 e. The molecule has 2 fully saturated rings. The van der Waals surface area contributed by atoms with Gasteiger partial charge in [-0.3, -0.25) is 14.8 Å². The molecule has 27 heavy (non-hydrogen) atoms. The van der Waals surface area contributed by atoms with E-state index in [-0.39, 0.29) is 24.0 Å². The molecule has 0 radical (unpaired) electrons. The summed E-state index contributed by atoms with van der Waals surface area (Å²) in [6.07, 6.45) is 5.18.